The van der Waals surface area contributed by atoms with Crippen LogP contribution in [-0.2, 0) is 11.3 Å². The molecule has 0 atom stereocenters. The van der Waals surface area contributed by atoms with Crippen molar-refractivity contribution in [3.63, 3.8) is 0 Å². The van der Waals surface area contributed by atoms with E-state index in [1.807, 2.05) is 0 Å². The lowest BCUT2D eigenvalue weighted by Crippen LogP contribution is -2.14. The summed E-state index contributed by atoms with van der Waals surface area (Å²) in [4.78, 5) is 14.9. The van der Waals surface area contributed by atoms with Gasteiger partial charge in [-0.05, 0) is 6.07 Å². The van der Waals surface area contributed by atoms with Crippen molar-refractivity contribution in [3.05, 3.63) is 22.9 Å². The molecule has 0 fully saturated rings. The smallest absolute Gasteiger partial charge is 0.339 e. The quantitative estimate of drug-likeness (QED) is 0.752. The number of methoxy groups -OCH3 is 1. The second-order valence-electron chi connectivity index (χ2n) is 2.95. The van der Waals surface area contributed by atoms with E-state index in [4.69, 9.17) is 11.5 Å². The Morgan fingerprint density at radius 1 is 1.62 bits per heavy atom. The third-order valence-electron chi connectivity index (χ3n) is 2.00. The number of ether oxygens (including phenoxy) is 1. The molecule has 0 spiro atoms. The Balaban J connectivity index is 3.34. The van der Waals surface area contributed by atoms with Crippen molar-refractivity contribution in [2.45, 2.75) is 13.0 Å². The maximum absolute atomic E-state index is 12.5. The van der Waals surface area contributed by atoms with E-state index in [-0.39, 0.29) is 23.6 Å². The fraction of sp³-hybridized carbons (Fsp3) is 0.333. The molecular formula is C9H11F2N3O2. The summed E-state index contributed by atoms with van der Waals surface area (Å²) in [6, 6.07) is 0.959. The van der Waals surface area contributed by atoms with Gasteiger partial charge in [0.15, 0.2) is 0 Å². The molecule has 7 heteroatoms. The number of carbonyl (C=O) groups is 1. The lowest BCUT2D eigenvalue weighted by Gasteiger charge is -2.10. The average Bonchev–Trinajstić information content (AvgIpc) is 2.27. The highest BCUT2D eigenvalue weighted by molar-refractivity contribution is 5.91. The van der Waals surface area contributed by atoms with Crippen LogP contribution in [0, 0.1) is 0 Å². The molecule has 0 unspecified atom stereocenters. The van der Waals surface area contributed by atoms with Gasteiger partial charge >= 0.3 is 5.97 Å². The minimum absolute atomic E-state index is 0.0852. The summed E-state index contributed by atoms with van der Waals surface area (Å²) in [7, 11) is 1.14. The molecule has 1 heterocycles. The first-order valence-electron chi connectivity index (χ1n) is 4.37. The van der Waals surface area contributed by atoms with E-state index in [9.17, 15) is 13.6 Å². The van der Waals surface area contributed by atoms with Gasteiger partial charge in [-0.1, -0.05) is 0 Å². The van der Waals surface area contributed by atoms with Crippen molar-refractivity contribution in [3.8, 4) is 0 Å². The van der Waals surface area contributed by atoms with Crippen LogP contribution in [0.15, 0.2) is 6.07 Å². The molecule has 0 aliphatic heterocycles. The second-order valence-corrected chi connectivity index (χ2v) is 2.95. The molecule has 88 valence electrons. The van der Waals surface area contributed by atoms with Crippen LogP contribution < -0.4 is 11.5 Å². The van der Waals surface area contributed by atoms with Crippen LogP contribution >= 0.6 is 0 Å². The molecule has 1 rings (SSSR count). The summed E-state index contributed by atoms with van der Waals surface area (Å²) < 4.78 is 29.4. The zero-order valence-electron chi connectivity index (χ0n) is 8.54. The molecule has 0 radical (unpaired) electrons. The molecule has 0 bridgehead atoms. The molecule has 1 aromatic rings. The molecule has 0 saturated heterocycles. The van der Waals surface area contributed by atoms with Crippen LogP contribution in [0.25, 0.3) is 0 Å². The molecule has 5 nitrogen and oxygen atoms in total. The highest BCUT2D eigenvalue weighted by Gasteiger charge is 2.20. The Hall–Kier alpha value is -1.76. The first kappa shape index (κ1) is 12.3. The van der Waals surface area contributed by atoms with Crippen LogP contribution in [0.5, 0.6) is 0 Å². The van der Waals surface area contributed by atoms with Gasteiger partial charge < -0.3 is 16.2 Å². The number of hydrogen-bond donors (Lipinski definition) is 2. The molecule has 4 N–H and O–H groups in total. The molecular weight excluding hydrogens is 220 g/mol. The third kappa shape index (κ3) is 2.25. The van der Waals surface area contributed by atoms with Crippen LogP contribution in [0.3, 0.4) is 0 Å². The lowest BCUT2D eigenvalue weighted by molar-refractivity contribution is 0.0598. The number of halogens is 2. The first-order valence-corrected chi connectivity index (χ1v) is 4.37. The van der Waals surface area contributed by atoms with E-state index in [0.29, 0.717) is 0 Å². The molecule has 1 aromatic heterocycles. The van der Waals surface area contributed by atoms with Crippen LogP contribution in [0.2, 0.25) is 0 Å². The summed E-state index contributed by atoms with van der Waals surface area (Å²) in [6.07, 6.45) is -2.80. The summed E-state index contributed by atoms with van der Waals surface area (Å²) in [6.45, 7) is -0.0852. The average molecular weight is 231 g/mol. The van der Waals surface area contributed by atoms with E-state index in [1.54, 1.807) is 0 Å². The SMILES string of the molecule is COC(=O)c1cc(C(F)F)c(N)nc1CN. The predicted molar refractivity (Wildman–Crippen MR) is 52.8 cm³/mol. The number of esters is 1. The van der Waals surface area contributed by atoms with Crippen molar-refractivity contribution in [2.24, 2.45) is 5.73 Å². The Labute approximate surface area is 90.4 Å². The predicted octanol–water partition coefficient (Wildman–Crippen LogP) is 0.847. The molecule has 0 aliphatic carbocycles. The number of nitrogens with two attached hydrogens (primary N) is 2. The number of pyridine rings is 1. The monoisotopic (exact) mass is 231 g/mol. The maximum atomic E-state index is 12.5. The topological polar surface area (TPSA) is 91.2 Å². The van der Waals surface area contributed by atoms with Gasteiger partial charge in [-0.3, -0.25) is 0 Å². The second kappa shape index (κ2) is 4.84. The van der Waals surface area contributed by atoms with Crippen molar-refractivity contribution >= 4 is 11.8 Å². The van der Waals surface area contributed by atoms with Crippen molar-refractivity contribution in [1.82, 2.24) is 4.98 Å². The minimum Gasteiger partial charge on any atom is -0.465 e. The Bertz CT molecular complexity index is 410. The van der Waals surface area contributed by atoms with Crippen LogP contribution in [0.4, 0.5) is 14.6 Å². The summed E-state index contributed by atoms with van der Waals surface area (Å²) in [5, 5.41) is 0. The lowest BCUT2D eigenvalue weighted by atomic mass is 10.1. The molecule has 0 saturated carbocycles. The van der Waals surface area contributed by atoms with Gasteiger partial charge in [-0.25, -0.2) is 18.6 Å². The summed E-state index contributed by atoms with van der Waals surface area (Å²) in [5.74, 6) is -1.10. The number of hydrogen-bond acceptors (Lipinski definition) is 5. The zero-order chi connectivity index (χ0) is 12.3. The highest BCUT2D eigenvalue weighted by Crippen LogP contribution is 2.26. The van der Waals surface area contributed by atoms with E-state index in [0.717, 1.165) is 13.2 Å². The Morgan fingerprint density at radius 3 is 2.69 bits per heavy atom. The maximum Gasteiger partial charge on any atom is 0.339 e. The van der Waals surface area contributed by atoms with Crippen LogP contribution in [0.1, 0.15) is 28.0 Å². The number of aromatic nitrogens is 1. The zero-order valence-corrected chi connectivity index (χ0v) is 8.54. The van der Waals surface area contributed by atoms with Crippen molar-refractivity contribution in [2.75, 3.05) is 12.8 Å². The number of carbonyl (C=O) groups excluding carboxylic acids is 1. The minimum atomic E-state index is -2.80. The van der Waals surface area contributed by atoms with Gasteiger partial charge in [0, 0.05) is 6.54 Å². The van der Waals surface area contributed by atoms with E-state index in [1.165, 1.54) is 0 Å². The van der Waals surface area contributed by atoms with Crippen LogP contribution in [-0.4, -0.2) is 18.1 Å². The standard InChI is InChI=1S/C9H11F2N3O2/c1-16-9(15)4-2-5(7(10)11)8(13)14-6(4)3-12/h2,7H,3,12H2,1H3,(H2,13,14). The molecule has 0 aromatic carbocycles. The van der Waals surface area contributed by atoms with Crippen molar-refractivity contribution in [1.29, 1.82) is 0 Å². The summed E-state index contributed by atoms with van der Waals surface area (Å²) >= 11 is 0. The largest absolute Gasteiger partial charge is 0.465 e. The van der Waals surface area contributed by atoms with Gasteiger partial charge in [0.05, 0.1) is 23.9 Å². The number of nitrogens with zero attached hydrogens (tertiary/aromatic N) is 1. The third-order valence-corrected chi connectivity index (χ3v) is 2.00. The molecule has 0 aliphatic rings. The van der Waals surface area contributed by atoms with E-state index in [2.05, 4.69) is 9.72 Å². The number of nitrogen functional groups attached to an aromatic ring is 1. The Kier molecular flexibility index (Phi) is 3.73. The van der Waals surface area contributed by atoms with Gasteiger partial charge in [0.2, 0.25) is 0 Å². The number of rotatable bonds is 3. The summed E-state index contributed by atoms with van der Waals surface area (Å²) in [5.41, 5.74) is 10.2. The van der Waals surface area contributed by atoms with Gasteiger partial charge in [0.1, 0.15) is 5.82 Å². The molecule has 0 amide bonds. The molecule has 16 heavy (non-hydrogen) atoms. The van der Waals surface area contributed by atoms with Gasteiger partial charge in [-0.15, -0.1) is 0 Å². The van der Waals surface area contributed by atoms with Gasteiger partial charge in [-0.2, -0.15) is 0 Å². The Morgan fingerprint density at radius 2 is 2.25 bits per heavy atom. The number of alkyl halides is 2. The van der Waals surface area contributed by atoms with E-state index < -0.39 is 18.0 Å². The van der Waals surface area contributed by atoms with E-state index >= 15 is 0 Å². The van der Waals surface area contributed by atoms with Crippen molar-refractivity contribution < 1.29 is 18.3 Å². The fourth-order valence-corrected chi connectivity index (χ4v) is 1.20. The number of anilines is 1. The first-order chi connectivity index (χ1) is 7.51. The fourth-order valence-electron chi connectivity index (χ4n) is 1.20. The van der Waals surface area contributed by atoms with Gasteiger partial charge in [0.25, 0.3) is 6.43 Å². The normalized spacial score (nSPS) is 10.6. The highest BCUT2D eigenvalue weighted by atomic mass is 19.3.